The molecule has 1 spiro atoms. The van der Waals surface area contributed by atoms with Crippen LogP contribution in [-0.4, -0.2) is 61.1 Å². The molecular formula is C17H28N2O2. The highest BCUT2D eigenvalue weighted by Crippen LogP contribution is 2.41. The van der Waals surface area contributed by atoms with Gasteiger partial charge in [0, 0.05) is 37.7 Å². The summed E-state index contributed by atoms with van der Waals surface area (Å²) in [6, 6.07) is 0.552. The van der Waals surface area contributed by atoms with E-state index in [2.05, 4.69) is 29.0 Å². The molecule has 0 aromatic carbocycles. The number of nitrogens with zero attached hydrogens (tertiary/aromatic N) is 2. The number of piperidine rings is 1. The predicted octanol–water partition coefficient (Wildman–Crippen LogP) is 2.05. The van der Waals surface area contributed by atoms with Gasteiger partial charge in [0.05, 0.1) is 6.61 Å². The molecule has 0 aromatic rings. The van der Waals surface area contributed by atoms with Gasteiger partial charge in [0.15, 0.2) is 0 Å². The third-order valence-corrected chi connectivity index (χ3v) is 5.96. The lowest BCUT2D eigenvalue weighted by Gasteiger charge is -2.45. The topological polar surface area (TPSA) is 32.8 Å². The molecule has 3 aliphatic rings. The maximum Gasteiger partial charge on any atom is 0.226 e. The van der Waals surface area contributed by atoms with Crippen LogP contribution in [0.3, 0.4) is 0 Å². The minimum Gasteiger partial charge on any atom is -0.383 e. The van der Waals surface area contributed by atoms with E-state index in [-0.39, 0.29) is 5.92 Å². The second kappa shape index (κ2) is 6.09. The predicted molar refractivity (Wildman–Crippen MR) is 83.1 cm³/mol. The molecule has 0 N–H and O–H groups in total. The summed E-state index contributed by atoms with van der Waals surface area (Å²) in [5, 5.41) is 0. The quantitative estimate of drug-likeness (QED) is 0.746. The second-order valence-electron chi connectivity index (χ2n) is 6.95. The van der Waals surface area contributed by atoms with E-state index in [1.165, 1.54) is 12.8 Å². The summed E-state index contributed by atoms with van der Waals surface area (Å²) < 4.78 is 5.34. The van der Waals surface area contributed by atoms with E-state index in [4.69, 9.17) is 4.74 Å². The SMILES string of the molecule is COCC1CCC2(CCN(C(=O)C3CC=CC3)CC2)N1C. The zero-order valence-corrected chi connectivity index (χ0v) is 13.4. The summed E-state index contributed by atoms with van der Waals surface area (Å²) in [7, 11) is 4.03. The molecule has 2 fully saturated rings. The van der Waals surface area contributed by atoms with E-state index in [0.717, 1.165) is 45.4 Å². The summed E-state index contributed by atoms with van der Waals surface area (Å²) in [6.45, 7) is 2.69. The smallest absolute Gasteiger partial charge is 0.226 e. The van der Waals surface area contributed by atoms with Crippen molar-refractivity contribution < 1.29 is 9.53 Å². The lowest BCUT2D eigenvalue weighted by molar-refractivity contribution is -0.137. The minimum absolute atomic E-state index is 0.224. The Bertz CT molecular complexity index is 405. The van der Waals surface area contributed by atoms with E-state index in [0.29, 0.717) is 17.5 Å². The lowest BCUT2D eigenvalue weighted by atomic mass is 9.85. The third kappa shape index (κ3) is 2.76. The molecule has 1 unspecified atom stereocenters. The van der Waals surface area contributed by atoms with Crippen LogP contribution >= 0.6 is 0 Å². The number of carbonyl (C=O) groups is 1. The first-order valence-corrected chi connectivity index (χ1v) is 8.32. The summed E-state index contributed by atoms with van der Waals surface area (Å²) in [6.07, 6.45) is 10.9. The summed E-state index contributed by atoms with van der Waals surface area (Å²) in [4.78, 5) is 17.2. The molecule has 4 heteroatoms. The number of methoxy groups -OCH3 is 1. The fourth-order valence-corrected chi connectivity index (χ4v) is 4.40. The molecule has 2 saturated heterocycles. The molecule has 0 aromatic heterocycles. The van der Waals surface area contributed by atoms with Crippen molar-refractivity contribution in [3.8, 4) is 0 Å². The largest absolute Gasteiger partial charge is 0.383 e. The molecule has 2 aliphatic heterocycles. The van der Waals surface area contributed by atoms with Crippen molar-refractivity contribution in [3.05, 3.63) is 12.2 Å². The Labute approximate surface area is 128 Å². The second-order valence-corrected chi connectivity index (χ2v) is 6.95. The van der Waals surface area contributed by atoms with Gasteiger partial charge in [-0.3, -0.25) is 9.69 Å². The molecule has 1 amide bonds. The standard InChI is InChI=1S/C17H28N2O2/c1-18-15(13-21-2)7-8-17(18)9-11-19(12-10-17)16(20)14-5-3-4-6-14/h3-4,14-15H,5-13H2,1-2H3. The van der Waals surface area contributed by atoms with Gasteiger partial charge in [0.25, 0.3) is 0 Å². The molecule has 2 heterocycles. The first-order chi connectivity index (χ1) is 10.2. The van der Waals surface area contributed by atoms with Gasteiger partial charge in [-0.1, -0.05) is 12.2 Å². The van der Waals surface area contributed by atoms with Gasteiger partial charge in [0.1, 0.15) is 0 Å². The molecule has 118 valence electrons. The number of likely N-dealkylation sites (tertiary alicyclic amines) is 2. The Morgan fingerprint density at radius 3 is 2.52 bits per heavy atom. The molecule has 21 heavy (non-hydrogen) atoms. The van der Waals surface area contributed by atoms with Crippen molar-refractivity contribution in [1.82, 2.24) is 9.80 Å². The monoisotopic (exact) mass is 292 g/mol. The van der Waals surface area contributed by atoms with E-state index >= 15 is 0 Å². The van der Waals surface area contributed by atoms with E-state index in [1.54, 1.807) is 7.11 Å². The third-order valence-electron chi connectivity index (χ3n) is 5.96. The highest BCUT2D eigenvalue weighted by molar-refractivity contribution is 5.79. The van der Waals surface area contributed by atoms with E-state index in [1.807, 2.05) is 0 Å². The molecule has 3 rings (SSSR count). The molecule has 0 bridgehead atoms. The number of hydrogen-bond donors (Lipinski definition) is 0. The summed E-state index contributed by atoms with van der Waals surface area (Å²) in [5.74, 6) is 0.602. The Kier molecular flexibility index (Phi) is 4.36. The minimum atomic E-state index is 0.224. The van der Waals surface area contributed by atoms with Crippen LogP contribution in [-0.2, 0) is 9.53 Å². The van der Waals surface area contributed by atoms with Gasteiger partial charge in [-0.2, -0.15) is 0 Å². The van der Waals surface area contributed by atoms with Gasteiger partial charge < -0.3 is 9.64 Å². The van der Waals surface area contributed by atoms with Crippen LogP contribution in [0.5, 0.6) is 0 Å². The summed E-state index contributed by atoms with van der Waals surface area (Å²) >= 11 is 0. The van der Waals surface area contributed by atoms with Crippen molar-refractivity contribution in [2.75, 3.05) is 33.9 Å². The average molecular weight is 292 g/mol. The van der Waals surface area contributed by atoms with Gasteiger partial charge in [-0.15, -0.1) is 0 Å². The maximum absolute atomic E-state index is 12.5. The number of allylic oxidation sites excluding steroid dienone is 2. The highest BCUT2D eigenvalue weighted by atomic mass is 16.5. The van der Waals surface area contributed by atoms with Crippen LogP contribution in [0.2, 0.25) is 0 Å². The molecule has 0 saturated carbocycles. The molecule has 1 aliphatic carbocycles. The Morgan fingerprint density at radius 1 is 1.24 bits per heavy atom. The Hall–Kier alpha value is -0.870. The Balaban J connectivity index is 1.56. The van der Waals surface area contributed by atoms with Gasteiger partial charge >= 0.3 is 0 Å². The maximum atomic E-state index is 12.5. The first kappa shape index (κ1) is 15.0. The number of carbonyl (C=O) groups excluding carboxylic acids is 1. The number of rotatable bonds is 3. The van der Waals surface area contributed by atoms with Crippen LogP contribution in [0.1, 0.15) is 38.5 Å². The van der Waals surface area contributed by atoms with Gasteiger partial charge in [-0.05, 0) is 45.6 Å². The van der Waals surface area contributed by atoms with Gasteiger partial charge in [0.2, 0.25) is 5.91 Å². The van der Waals surface area contributed by atoms with Crippen LogP contribution in [0.4, 0.5) is 0 Å². The van der Waals surface area contributed by atoms with Crippen LogP contribution in [0, 0.1) is 5.92 Å². The van der Waals surface area contributed by atoms with E-state index in [9.17, 15) is 4.79 Å². The normalized spacial score (nSPS) is 29.6. The summed E-state index contributed by atoms with van der Waals surface area (Å²) in [5.41, 5.74) is 0.313. The van der Waals surface area contributed by atoms with Crippen LogP contribution < -0.4 is 0 Å². The van der Waals surface area contributed by atoms with Crippen molar-refractivity contribution in [2.24, 2.45) is 5.92 Å². The fourth-order valence-electron chi connectivity index (χ4n) is 4.40. The van der Waals surface area contributed by atoms with Crippen molar-refractivity contribution >= 4 is 5.91 Å². The van der Waals surface area contributed by atoms with Crippen LogP contribution in [0.25, 0.3) is 0 Å². The molecule has 0 radical (unpaired) electrons. The molecule has 1 atom stereocenters. The number of hydrogen-bond acceptors (Lipinski definition) is 3. The zero-order chi connectivity index (χ0) is 14.9. The Morgan fingerprint density at radius 2 is 1.90 bits per heavy atom. The zero-order valence-electron chi connectivity index (χ0n) is 13.4. The van der Waals surface area contributed by atoms with Crippen molar-refractivity contribution in [1.29, 1.82) is 0 Å². The van der Waals surface area contributed by atoms with Crippen molar-refractivity contribution in [2.45, 2.75) is 50.1 Å². The molecule has 4 nitrogen and oxygen atoms in total. The molecular weight excluding hydrogens is 264 g/mol. The van der Waals surface area contributed by atoms with Gasteiger partial charge in [-0.25, -0.2) is 0 Å². The lowest BCUT2D eigenvalue weighted by Crippen LogP contribution is -2.54. The van der Waals surface area contributed by atoms with Crippen molar-refractivity contribution in [3.63, 3.8) is 0 Å². The number of ether oxygens (including phenoxy) is 1. The number of amides is 1. The first-order valence-electron chi connectivity index (χ1n) is 8.32. The van der Waals surface area contributed by atoms with E-state index < -0.39 is 0 Å². The van der Waals surface area contributed by atoms with Crippen LogP contribution in [0.15, 0.2) is 12.2 Å². The highest BCUT2D eigenvalue weighted by Gasteiger charge is 2.46. The fraction of sp³-hybridized carbons (Fsp3) is 0.824. The average Bonchev–Trinajstić information content (AvgIpc) is 3.13. The number of likely N-dealkylation sites (N-methyl/N-ethyl adjacent to an activating group) is 1.